The van der Waals surface area contributed by atoms with E-state index < -0.39 is 0 Å². The summed E-state index contributed by atoms with van der Waals surface area (Å²) in [5.74, 6) is 1.12. The van der Waals surface area contributed by atoms with Gasteiger partial charge in [0.1, 0.15) is 0 Å². The van der Waals surface area contributed by atoms with E-state index in [9.17, 15) is 9.59 Å². The highest BCUT2D eigenvalue weighted by molar-refractivity contribution is 5.64. The summed E-state index contributed by atoms with van der Waals surface area (Å²) in [5.41, 5.74) is 0.526. The van der Waals surface area contributed by atoms with Crippen molar-refractivity contribution in [3.63, 3.8) is 0 Å². The van der Waals surface area contributed by atoms with E-state index in [4.69, 9.17) is 14.2 Å². The predicted molar refractivity (Wildman–Crippen MR) is 84.2 cm³/mol. The van der Waals surface area contributed by atoms with Crippen molar-refractivity contribution >= 4 is 0 Å². The van der Waals surface area contributed by atoms with Crippen molar-refractivity contribution in [2.45, 2.75) is 12.6 Å². The Labute approximate surface area is 132 Å². The van der Waals surface area contributed by atoms with Gasteiger partial charge < -0.3 is 14.2 Å². The number of ether oxygens (including phenoxy) is 3. The lowest BCUT2D eigenvalue weighted by atomic mass is 10.1. The molecule has 1 saturated heterocycles. The molecule has 2 heterocycles. The second-order valence-electron chi connectivity index (χ2n) is 5.35. The molecular weight excluding hydrogens is 300 g/mol. The van der Waals surface area contributed by atoms with E-state index in [0.717, 1.165) is 4.57 Å². The molecule has 1 unspecified atom stereocenters. The average Bonchev–Trinajstić information content (AvgIpc) is 3.38. The van der Waals surface area contributed by atoms with Crippen LogP contribution in [0.4, 0.5) is 0 Å². The Kier molecular flexibility index (Phi) is 3.96. The first-order chi connectivity index (χ1) is 11.0. The van der Waals surface area contributed by atoms with Gasteiger partial charge in [0.15, 0.2) is 11.5 Å². The van der Waals surface area contributed by atoms with Crippen molar-refractivity contribution in [1.29, 1.82) is 0 Å². The van der Waals surface area contributed by atoms with E-state index in [1.807, 2.05) is 0 Å². The van der Waals surface area contributed by atoms with Crippen LogP contribution in [0.15, 0.2) is 33.9 Å². The minimum atomic E-state index is -0.363. The Bertz CT molecular complexity index is 849. The molecule has 23 heavy (non-hydrogen) atoms. The fourth-order valence-electron chi connectivity index (χ4n) is 2.46. The van der Waals surface area contributed by atoms with Crippen LogP contribution in [0.5, 0.6) is 11.5 Å². The van der Waals surface area contributed by atoms with Gasteiger partial charge in [0.25, 0.3) is 5.56 Å². The van der Waals surface area contributed by atoms with Crippen molar-refractivity contribution in [2.24, 2.45) is 7.05 Å². The summed E-state index contributed by atoms with van der Waals surface area (Å²) in [6, 6.07) is 6.73. The van der Waals surface area contributed by atoms with Crippen molar-refractivity contribution < 1.29 is 14.2 Å². The molecule has 7 heteroatoms. The number of epoxide rings is 1. The maximum absolute atomic E-state index is 12.4. The van der Waals surface area contributed by atoms with Crippen LogP contribution in [0.1, 0.15) is 0 Å². The van der Waals surface area contributed by atoms with Gasteiger partial charge >= 0.3 is 5.69 Å². The molecular formula is C16H18N2O5. The zero-order chi connectivity index (χ0) is 16.6. The summed E-state index contributed by atoms with van der Waals surface area (Å²) in [5, 5.41) is 0. The molecule has 0 radical (unpaired) electrons. The van der Waals surface area contributed by atoms with Crippen LogP contribution in [0.25, 0.3) is 11.3 Å². The summed E-state index contributed by atoms with van der Waals surface area (Å²) < 4.78 is 18.4. The van der Waals surface area contributed by atoms with E-state index >= 15 is 0 Å². The molecule has 0 bridgehead atoms. The van der Waals surface area contributed by atoms with Gasteiger partial charge in [0, 0.05) is 18.7 Å². The third-order valence-corrected chi connectivity index (χ3v) is 3.87. The Hall–Kier alpha value is -2.54. The molecule has 1 aliphatic heterocycles. The van der Waals surface area contributed by atoms with Gasteiger partial charge in [-0.15, -0.1) is 0 Å². The molecule has 122 valence electrons. The van der Waals surface area contributed by atoms with Gasteiger partial charge in [-0.25, -0.2) is 4.79 Å². The molecule has 0 N–H and O–H groups in total. The summed E-state index contributed by atoms with van der Waals surface area (Å²) in [7, 11) is 4.56. The van der Waals surface area contributed by atoms with E-state index in [-0.39, 0.29) is 17.4 Å². The SMILES string of the molecule is COc1ccc(-c2cc(=O)n(C)c(=O)n2CC2CO2)cc1OC. The molecule has 0 amide bonds. The molecule has 3 rings (SSSR count). The van der Waals surface area contributed by atoms with Crippen LogP contribution in [-0.4, -0.2) is 36.1 Å². The molecule has 0 aliphatic carbocycles. The molecule has 0 saturated carbocycles. The second-order valence-corrected chi connectivity index (χ2v) is 5.35. The first-order valence-corrected chi connectivity index (χ1v) is 7.20. The first kappa shape index (κ1) is 15.4. The Morgan fingerprint density at radius 3 is 2.48 bits per heavy atom. The maximum atomic E-state index is 12.4. The average molecular weight is 318 g/mol. The van der Waals surface area contributed by atoms with Crippen molar-refractivity contribution in [3.05, 3.63) is 45.1 Å². The van der Waals surface area contributed by atoms with Crippen LogP contribution in [0, 0.1) is 0 Å². The summed E-state index contributed by atoms with van der Waals surface area (Å²) in [6.07, 6.45) is 0.0177. The highest BCUT2D eigenvalue weighted by Gasteiger charge is 2.25. The highest BCUT2D eigenvalue weighted by Crippen LogP contribution is 2.31. The smallest absolute Gasteiger partial charge is 0.331 e. The first-order valence-electron chi connectivity index (χ1n) is 7.20. The largest absolute Gasteiger partial charge is 0.493 e. The Morgan fingerprint density at radius 1 is 1.17 bits per heavy atom. The molecule has 7 nitrogen and oxygen atoms in total. The number of benzene rings is 1. The lowest BCUT2D eigenvalue weighted by molar-refractivity contribution is 0.355. The number of methoxy groups -OCH3 is 2. The number of nitrogens with zero attached hydrogens (tertiary/aromatic N) is 2. The molecule has 1 aromatic carbocycles. The van der Waals surface area contributed by atoms with Gasteiger partial charge in [-0.2, -0.15) is 0 Å². The zero-order valence-corrected chi connectivity index (χ0v) is 13.2. The highest BCUT2D eigenvalue weighted by atomic mass is 16.6. The molecule has 1 atom stereocenters. The van der Waals surface area contributed by atoms with Gasteiger partial charge in [0.05, 0.1) is 39.2 Å². The van der Waals surface area contributed by atoms with E-state index in [0.29, 0.717) is 35.9 Å². The molecule has 1 aliphatic rings. The third-order valence-electron chi connectivity index (χ3n) is 3.87. The number of rotatable bonds is 5. The molecule has 1 aromatic heterocycles. The van der Waals surface area contributed by atoms with Crippen molar-refractivity contribution in [3.8, 4) is 22.8 Å². The third kappa shape index (κ3) is 2.87. The van der Waals surface area contributed by atoms with Crippen LogP contribution in [0.2, 0.25) is 0 Å². The number of aromatic nitrogens is 2. The fourth-order valence-corrected chi connectivity index (χ4v) is 2.46. The van der Waals surface area contributed by atoms with Crippen LogP contribution >= 0.6 is 0 Å². The minimum Gasteiger partial charge on any atom is -0.493 e. The summed E-state index contributed by atoms with van der Waals surface area (Å²) in [6.45, 7) is 1.04. The van der Waals surface area contributed by atoms with Crippen LogP contribution in [0.3, 0.4) is 0 Å². The topological polar surface area (TPSA) is 75.0 Å². The zero-order valence-electron chi connectivity index (χ0n) is 13.2. The maximum Gasteiger partial charge on any atom is 0.331 e. The number of hydrogen-bond donors (Lipinski definition) is 0. The minimum absolute atomic E-state index is 0.0177. The summed E-state index contributed by atoms with van der Waals surface area (Å²) in [4.78, 5) is 24.5. The molecule has 1 fully saturated rings. The lowest BCUT2D eigenvalue weighted by Crippen LogP contribution is -2.39. The normalized spacial score (nSPS) is 16.2. The van der Waals surface area contributed by atoms with E-state index in [1.54, 1.807) is 29.9 Å². The predicted octanol–water partition coefficient (Wildman–Crippen LogP) is 0.630. The van der Waals surface area contributed by atoms with Crippen LogP contribution < -0.4 is 20.7 Å². The van der Waals surface area contributed by atoms with Gasteiger partial charge in [0.2, 0.25) is 0 Å². The molecule has 2 aromatic rings. The second kappa shape index (κ2) is 5.92. The Balaban J connectivity index is 2.18. The monoisotopic (exact) mass is 318 g/mol. The van der Waals surface area contributed by atoms with E-state index in [1.165, 1.54) is 20.2 Å². The molecule has 0 spiro atoms. The number of hydrogen-bond acceptors (Lipinski definition) is 5. The quantitative estimate of drug-likeness (QED) is 0.756. The van der Waals surface area contributed by atoms with Crippen molar-refractivity contribution in [1.82, 2.24) is 9.13 Å². The van der Waals surface area contributed by atoms with Gasteiger partial charge in [-0.3, -0.25) is 13.9 Å². The standard InChI is InChI=1S/C16H18N2O5/c1-17-15(19)7-12(18(16(17)20)8-11-9-23-11)10-4-5-13(21-2)14(6-10)22-3/h4-7,11H,8-9H2,1-3H3. The summed E-state index contributed by atoms with van der Waals surface area (Å²) >= 11 is 0. The van der Waals surface area contributed by atoms with E-state index in [2.05, 4.69) is 0 Å². The van der Waals surface area contributed by atoms with Gasteiger partial charge in [-0.1, -0.05) is 0 Å². The lowest BCUT2D eigenvalue weighted by Gasteiger charge is -2.15. The fraction of sp³-hybridized carbons (Fsp3) is 0.375. The van der Waals surface area contributed by atoms with Crippen LogP contribution in [-0.2, 0) is 18.3 Å². The Morgan fingerprint density at radius 2 is 1.87 bits per heavy atom. The van der Waals surface area contributed by atoms with Gasteiger partial charge in [-0.05, 0) is 18.2 Å². The van der Waals surface area contributed by atoms with Crippen molar-refractivity contribution in [2.75, 3.05) is 20.8 Å².